The van der Waals surface area contributed by atoms with Crippen LogP contribution in [0.2, 0.25) is 5.02 Å². The predicted molar refractivity (Wildman–Crippen MR) is 89.5 cm³/mol. The van der Waals surface area contributed by atoms with Crippen LogP contribution in [-0.2, 0) is 9.59 Å². The van der Waals surface area contributed by atoms with E-state index in [1.165, 1.54) is 0 Å². The number of nitrogens with zero attached hydrogens (tertiary/aromatic N) is 2. The molecule has 2 heterocycles. The Morgan fingerprint density at radius 3 is 2.87 bits per heavy atom. The lowest BCUT2D eigenvalue weighted by molar-refractivity contribution is -0.122. The van der Waals surface area contributed by atoms with Crippen molar-refractivity contribution >= 4 is 34.9 Å². The topological polar surface area (TPSA) is 62.3 Å². The van der Waals surface area contributed by atoms with Crippen molar-refractivity contribution in [3.05, 3.63) is 53.2 Å². The molecule has 0 aliphatic carbocycles. The molecule has 1 fully saturated rings. The van der Waals surface area contributed by atoms with E-state index in [4.69, 9.17) is 11.6 Å². The molecule has 3 rings (SSSR count). The summed E-state index contributed by atoms with van der Waals surface area (Å²) < 4.78 is 0. The van der Waals surface area contributed by atoms with Gasteiger partial charge >= 0.3 is 0 Å². The van der Waals surface area contributed by atoms with Gasteiger partial charge in [0.05, 0.1) is 16.6 Å². The number of carbonyl (C=O) groups is 2. The van der Waals surface area contributed by atoms with E-state index in [0.29, 0.717) is 23.1 Å². The van der Waals surface area contributed by atoms with Crippen molar-refractivity contribution in [3.8, 4) is 0 Å². The molecule has 0 radical (unpaired) electrons. The first kappa shape index (κ1) is 15.5. The van der Waals surface area contributed by atoms with Gasteiger partial charge in [-0.15, -0.1) is 0 Å². The van der Waals surface area contributed by atoms with Crippen molar-refractivity contribution in [2.75, 3.05) is 16.8 Å². The van der Waals surface area contributed by atoms with Crippen LogP contribution in [0.3, 0.4) is 0 Å². The van der Waals surface area contributed by atoms with Crippen LogP contribution in [0.5, 0.6) is 0 Å². The van der Waals surface area contributed by atoms with Gasteiger partial charge < -0.3 is 10.2 Å². The molecule has 0 saturated carbocycles. The predicted octanol–water partition coefficient (Wildman–Crippen LogP) is 3.04. The van der Waals surface area contributed by atoms with E-state index >= 15 is 0 Å². The van der Waals surface area contributed by atoms with E-state index in [0.717, 1.165) is 5.56 Å². The maximum atomic E-state index is 12.4. The molecule has 6 heteroatoms. The van der Waals surface area contributed by atoms with Gasteiger partial charge in [-0.25, -0.2) is 4.98 Å². The highest BCUT2D eigenvalue weighted by Gasteiger charge is 2.35. The number of anilines is 2. The Labute approximate surface area is 139 Å². The first-order valence-corrected chi connectivity index (χ1v) is 7.71. The third-order valence-electron chi connectivity index (χ3n) is 3.81. The fourth-order valence-corrected chi connectivity index (χ4v) is 2.86. The lowest BCUT2D eigenvalue weighted by Gasteiger charge is -2.18. The van der Waals surface area contributed by atoms with Gasteiger partial charge in [-0.3, -0.25) is 9.59 Å². The van der Waals surface area contributed by atoms with Crippen molar-refractivity contribution < 1.29 is 9.59 Å². The monoisotopic (exact) mass is 329 g/mol. The number of pyridine rings is 1. The van der Waals surface area contributed by atoms with Crippen molar-refractivity contribution in [1.29, 1.82) is 0 Å². The minimum Gasteiger partial charge on any atom is -0.310 e. The number of carbonyl (C=O) groups excluding carboxylic acids is 2. The molecule has 0 spiro atoms. The molecule has 1 unspecified atom stereocenters. The molecule has 1 aliphatic rings. The smallest absolute Gasteiger partial charge is 0.230 e. The molecular weight excluding hydrogens is 314 g/mol. The molecule has 1 aromatic carbocycles. The molecule has 1 N–H and O–H groups in total. The molecule has 0 bridgehead atoms. The van der Waals surface area contributed by atoms with E-state index in [2.05, 4.69) is 10.3 Å². The second-order valence-electron chi connectivity index (χ2n) is 5.56. The number of rotatable bonds is 3. The minimum atomic E-state index is -0.416. The molecule has 2 amide bonds. The average molecular weight is 330 g/mol. The van der Waals surface area contributed by atoms with E-state index in [9.17, 15) is 9.59 Å². The standard InChI is InChI=1S/C17H16ClN3O2/c1-11-6-7-19-15(8-11)20-17(23)12-9-16(22)21(10-12)14-5-3-2-4-13(14)18/h2-8,12H,9-10H2,1H3,(H,19,20,23). The molecule has 1 atom stereocenters. The first-order valence-electron chi connectivity index (χ1n) is 7.33. The maximum Gasteiger partial charge on any atom is 0.230 e. The van der Waals surface area contributed by atoms with E-state index in [1.807, 2.05) is 19.1 Å². The van der Waals surface area contributed by atoms with Gasteiger partial charge in [-0.1, -0.05) is 23.7 Å². The van der Waals surface area contributed by atoms with Crippen molar-refractivity contribution in [2.24, 2.45) is 5.92 Å². The normalized spacial score (nSPS) is 17.4. The van der Waals surface area contributed by atoms with Gasteiger partial charge in [-0.05, 0) is 36.8 Å². The van der Waals surface area contributed by atoms with Crippen molar-refractivity contribution in [2.45, 2.75) is 13.3 Å². The molecule has 1 saturated heterocycles. The second kappa shape index (κ2) is 6.38. The third-order valence-corrected chi connectivity index (χ3v) is 4.13. The Balaban J connectivity index is 1.72. The fraction of sp³-hybridized carbons (Fsp3) is 0.235. The number of nitrogens with one attached hydrogen (secondary N) is 1. The zero-order chi connectivity index (χ0) is 16.4. The fourth-order valence-electron chi connectivity index (χ4n) is 2.62. The lowest BCUT2D eigenvalue weighted by Crippen LogP contribution is -2.28. The lowest BCUT2D eigenvalue weighted by atomic mass is 10.1. The van der Waals surface area contributed by atoms with Crippen LogP contribution >= 0.6 is 11.6 Å². The third kappa shape index (κ3) is 3.35. The summed E-state index contributed by atoms with van der Waals surface area (Å²) in [6.07, 6.45) is 1.81. The van der Waals surface area contributed by atoms with Gasteiger partial charge in [0.25, 0.3) is 0 Å². The molecule has 118 valence electrons. The number of aromatic nitrogens is 1. The quantitative estimate of drug-likeness (QED) is 0.941. The van der Waals surface area contributed by atoms with Gasteiger partial charge in [0.2, 0.25) is 11.8 Å². The van der Waals surface area contributed by atoms with Crippen molar-refractivity contribution in [3.63, 3.8) is 0 Å². The van der Waals surface area contributed by atoms with Crippen LogP contribution < -0.4 is 10.2 Å². The number of amides is 2. The van der Waals surface area contributed by atoms with Crippen LogP contribution in [0.4, 0.5) is 11.5 Å². The maximum absolute atomic E-state index is 12.4. The van der Waals surface area contributed by atoms with Crippen LogP contribution in [-0.4, -0.2) is 23.3 Å². The van der Waals surface area contributed by atoms with Crippen LogP contribution in [0.25, 0.3) is 0 Å². The summed E-state index contributed by atoms with van der Waals surface area (Å²) in [6.45, 7) is 2.25. The number of para-hydroxylation sites is 1. The van der Waals surface area contributed by atoms with Crippen LogP contribution in [0, 0.1) is 12.8 Å². The minimum absolute atomic E-state index is 0.101. The summed E-state index contributed by atoms with van der Waals surface area (Å²) in [5.41, 5.74) is 1.65. The Bertz CT molecular complexity index is 763. The Morgan fingerprint density at radius 1 is 1.35 bits per heavy atom. The number of aryl methyl sites for hydroxylation is 1. The number of benzene rings is 1. The molecule has 23 heavy (non-hydrogen) atoms. The van der Waals surface area contributed by atoms with Gasteiger partial charge in [-0.2, -0.15) is 0 Å². The van der Waals surface area contributed by atoms with Crippen molar-refractivity contribution in [1.82, 2.24) is 4.98 Å². The zero-order valence-electron chi connectivity index (χ0n) is 12.6. The Kier molecular flexibility index (Phi) is 4.30. The van der Waals surface area contributed by atoms with Gasteiger partial charge in [0.1, 0.15) is 5.82 Å². The summed E-state index contributed by atoms with van der Waals surface area (Å²) in [5, 5.41) is 3.27. The Hall–Kier alpha value is -2.40. The summed E-state index contributed by atoms with van der Waals surface area (Å²) in [7, 11) is 0. The number of halogens is 1. The van der Waals surface area contributed by atoms with E-state index in [1.54, 1.807) is 35.4 Å². The number of hydrogen-bond donors (Lipinski definition) is 1. The highest BCUT2D eigenvalue weighted by molar-refractivity contribution is 6.33. The molecule has 1 aromatic heterocycles. The number of hydrogen-bond acceptors (Lipinski definition) is 3. The second-order valence-corrected chi connectivity index (χ2v) is 5.97. The largest absolute Gasteiger partial charge is 0.310 e. The molecular formula is C17H16ClN3O2. The summed E-state index contributed by atoms with van der Waals surface area (Å²) in [4.78, 5) is 30.3. The molecule has 1 aliphatic heterocycles. The Morgan fingerprint density at radius 2 is 2.13 bits per heavy atom. The summed E-state index contributed by atoms with van der Waals surface area (Å²) in [6, 6.07) is 10.8. The summed E-state index contributed by atoms with van der Waals surface area (Å²) >= 11 is 6.14. The average Bonchev–Trinajstić information content (AvgIpc) is 2.90. The highest BCUT2D eigenvalue weighted by atomic mass is 35.5. The van der Waals surface area contributed by atoms with Crippen LogP contribution in [0.15, 0.2) is 42.6 Å². The highest BCUT2D eigenvalue weighted by Crippen LogP contribution is 2.31. The first-order chi connectivity index (χ1) is 11.0. The summed E-state index contributed by atoms with van der Waals surface area (Å²) in [5.74, 6) is -0.221. The van der Waals surface area contributed by atoms with Gasteiger partial charge in [0, 0.05) is 19.2 Å². The van der Waals surface area contributed by atoms with Crippen LogP contribution in [0.1, 0.15) is 12.0 Å². The van der Waals surface area contributed by atoms with E-state index < -0.39 is 5.92 Å². The SMILES string of the molecule is Cc1ccnc(NC(=O)C2CC(=O)N(c3ccccc3Cl)C2)c1. The zero-order valence-corrected chi connectivity index (χ0v) is 13.4. The molecule has 5 nitrogen and oxygen atoms in total. The van der Waals surface area contributed by atoms with Gasteiger partial charge in [0.15, 0.2) is 0 Å². The molecule has 2 aromatic rings. The van der Waals surface area contributed by atoms with E-state index in [-0.39, 0.29) is 18.2 Å².